The van der Waals surface area contributed by atoms with Gasteiger partial charge in [-0.3, -0.25) is 0 Å². The summed E-state index contributed by atoms with van der Waals surface area (Å²) >= 11 is 3.62. The first-order valence-electron chi connectivity index (χ1n) is 11.2. The largest absolute Gasteiger partial charge is 0.494 e. The Morgan fingerprint density at radius 2 is 1.84 bits per heavy atom. The van der Waals surface area contributed by atoms with Gasteiger partial charge in [-0.1, -0.05) is 59.1 Å². The maximum atomic E-state index is 6.49. The van der Waals surface area contributed by atoms with Crippen LogP contribution in [-0.4, -0.2) is 17.3 Å². The molecule has 0 saturated heterocycles. The number of hydrazone groups is 1. The number of rotatable bonds is 6. The first-order chi connectivity index (χ1) is 15.6. The maximum Gasteiger partial charge on any atom is 0.213 e. The van der Waals surface area contributed by atoms with Crippen molar-refractivity contribution in [2.45, 2.75) is 45.4 Å². The second kappa shape index (κ2) is 8.99. The summed E-state index contributed by atoms with van der Waals surface area (Å²) in [6.07, 6.45) is 2.76. The summed E-state index contributed by atoms with van der Waals surface area (Å²) in [5.74, 6) is 1.81. The van der Waals surface area contributed by atoms with Gasteiger partial charge < -0.3 is 9.47 Å². The fourth-order valence-electron chi connectivity index (χ4n) is 4.26. The average molecular weight is 491 g/mol. The number of hydrogen-bond acceptors (Lipinski definition) is 4. The topological polar surface area (TPSA) is 34.1 Å². The highest BCUT2D eigenvalue weighted by Gasteiger charge is 2.41. The molecule has 2 atom stereocenters. The quantitative estimate of drug-likeness (QED) is 0.343. The highest BCUT2D eigenvalue weighted by atomic mass is 79.9. The summed E-state index contributed by atoms with van der Waals surface area (Å²) in [5, 5.41) is 7.18. The van der Waals surface area contributed by atoms with Gasteiger partial charge >= 0.3 is 0 Å². The zero-order valence-corrected chi connectivity index (χ0v) is 20.0. The van der Waals surface area contributed by atoms with Gasteiger partial charge in [0, 0.05) is 22.0 Å². The third-order valence-electron chi connectivity index (χ3n) is 6.07. The molecule has 0 amide bonds. The molecule has 0 bridgehead atoms. The van der Waals surface area contributed by atoms with Crippen molar-refractivity contribution in [1.82, 2.24) is 5.01 Å². The van der Waals surface area contributed by atoms with Gasteiger partial charge in [-0.2, -0.15) is 5.10 Å². The van der Waals surface area contributed by atoms with Gasteiger partial charge in [-0.05, 0) is 61.4 Å². The number of ether oxygens (including phenoxy) is 2. The van der Waals surface area contributed by atoms with Crippen LogP contribution in [-0.2, 0) is 0 Å². The molecule has 2 aliphatic heterocycles. The molecule has 5 rings (SSSR count). The van der Waals surface area contributed by atoms with E-state index in [4.69, 9.17) is 14.6 Å². The van der Waals surface area contributed by atoms with Crippen molar-refractivity contribution >= 4 is 21.6 Å². The Balaban J connectivity index is 1.48. The summed E-state index contributed by atoms with van der Waals surface area (Å²) in [4.78, 5) is 0. The van der Waals surface area contributed by atoms with E-state index in [0.29, 0.717) is 0 Å². The molecule has 4 nitrogen and oxygen atoms in total. The fourth-order valence-corrected chi connectivity index (χ4v) is 4.64. The summed E-state index contributed by atoms with van der Waals surface area (Å²) < 4.78 is 13.4. The van der Waals surface area contributed by atoms with Crippen LogP contribution in [0.1, 0.15) is 60.7 Å². The minimum atomic E-state index is -0.277. The Kier molecular flexibility index (Phi) is 5.92. The van der Waals surface area contributed by atoms with Gasteiger partial charge in [0.2, 0.25) is 6.23 Å². The molecule has 2 heterocycles. The second-order valence-electron chi connectivity index (χ2n) is 8.44. The molecule has 3 aromatic rings. The Morgan fingerprint density at radius 3 is 2.59 bits per heavy atom. The van der Waals surface area contributed by atoms with Crippen molar-refractivity contribution in [2.75, 3.05) is 6.61 Å². The predicted molar refractivity (Wildman–Crippen MR) is 131 cm³/mol. The second-order valence-corrected chi connectivity index (χ2v) is 9.35. The Labute approximate surface area is 198 Å². The molecule has 0 fully saturated rings. The molecule has 32 heavy (non-hydrogen) atoms. The van der Waals surface area contributed by atoms with Crippen molar-refractivity contribution in [2.24, 2.45) is 5.10 Å². The fraction of sp³-hybridized carbons (Fsp3) is 0.296. The number of nitrogens with zero attached hydrogens (tertiary/aromatic N) is 2. The first kappa shape index (κ1) is 21.1. The van der Waals surface area contributed by atoms with E-state index >= 15 is 0 Å². The van der Waals surface area contributed by atoms with Crippen molar-refractivity contribution in [1.29, 1.82) is 0 Å². The zero-order valence-electron chi connectivity index (χ0n) is 18.4. The summed E-state index contributed by atoms with van der Waals surface area (Å²) in [7, 11) is 0. The van der Waals surface area contributed by atoms with E-state index in [9.17, 15) is 0 Å². The summed E-state index contributed by atoms with van der Waals surface area (Å²) in [6.45, 7) is 5.02. The normalized spacial score (nSPS) is 19.1. The van der Waals surface area contributed by atoms with Gasteiger partial charge in [0.1, 0.15) is 11.5 Å². The molecule has 164 valence electrons. The van der Waals surface area contributed by atoms with Crippen LogP contribution in [0.2, 0.25) is 0 Å². The third-order valence-corrected chi connectivity index (χ3v) is 6.56. The number of halogens is 1. The standard InChI is InChI=1S/C27H27BrN2O2/c1-3-4-15-31-22-12-9-20(10-13-22)27-30-25(23-16-21(28)11-14-26(23)32-27)17-24(29-30)19-7-5-18(2)6-8-19/h5-14,16,25,27H,3-4,15,17H2,1-2H3/t25-,27-/m1/s1. The molecule has 5 heteroatoms. The highest BCUT2D eigenvalue weighted by Crippen LogP contribution is 2.48. The minimum absolute atomic E-state index is 0.137. The molecule has 0 saturated carbocycles. The van der Waals surface area contributed by atoms with Crippen LogP contribution in [0, 0.1) is 6.92 Å². The van der Waals surface area contributed by atoms with Gasteiger partial charge in [-0.25, -0.2) is 5.01 Å². The maximum absolute atomic E-state index is 6.49. The Morgan fingerprint density at radius 1 is 1.06 bits per heavy atom. The molecule has 0 unspecified atom stereocenters. The van der Waals surface area contributed by atoms with Gasteiger partial charge in [0.15, 0.2) is 0 Å². The lowest BCUT2D eigenvalue weighted by atomic mass is 9.95. The van der Waals surface area contributed by atoms with E-state index in [1.807, 2.05) is 18.2 Å². The van der Waals surface area contributed by atoms with Crippen LogP contribution < -0.4 is 9.47 Å². The van der Waals surface area contributed by atoms with Crippen molar-refractivity contribution < 1.29 is 9.47 Å². The zero-order chi connectivity index (χ0) is 22.1. The lowest BCUT2D eigenvalue weighted by molar-refractivity contribution is -0.0191. The van der Waals surface area contributed by atoms with Crippen molar-refractivity contribution in [3.05, 3.63) is 93.5 Å². The summed E-state index contributed by atoms with van der Waals surface area (Å²) in [5.41, 5.74) is 5.75. The number of hydrogen-bond donors (Lipinski definition) is 0. The average Bonchev–Trinajstić information content (AvgIpc) is 3.26. The van der Waals surface area contributed by atoms with Crippen LogP contribution in [0.5, 0.6) is 11.5 Å². The predicted octanol–water partition coefficient (Wildman–Crippen LogP) is 7.18. The highest BCUT2D eigenvalue weighted by molar-refractivity contribution is 9.10. The lowest BCUT2D eigenvalue weighted by Crippen LogP contribution is -2.33. The van der Waals surface area contributed by atoms with E-state index in [-0.39, 0.29) is 12.3 Å². The van der Waals surface area contributed by atoms with Crippen molar-refractivity contribution in [3.63, 3.8) is 0 Å². The van der Waals surface area contributed by atoms with Gasteiger partial charge in [-0.15, -0.1) is 0 Å². The van der Waals surface area contributed by atoms with Gasteiger partial charge in [0.25, 0.3) is 0 Å². The van der Waals surface area contributed by atoms with E-state index in [1.165, 1.54) is 16.7 Å². The molecular formula is C27H27BrN2O2. The Bertz CT molecular complexity index is 1130. The molecule has 3 aromatic carbocycles. The van der Waals surface area contributed by atoms with E-state index in [1.54, 1.807) is 0 Å². The Hall–Kier alpha value is -2.79. The van der Waals surface area contributed by atoms with Crippen LogP contribution in [0.3, 0.4) is 0 Å². The first-order valence-corrected chi connectivity index (χ1v) is 12.0. The summed E-state index contributed by atoms with van der Waals surface area (Å²) in [6, 6.07) is 23.2. The third kappa shape index (κ3) is 4.14. The lowest BCUT2D eigenvalue weighted by Gasteiger charge is -2.38. The minimum Gasteiger partial charge on any atom is -0.494 e. The SMILES string of the molecule is CCCCOc1ccc([C@H]2Oc3ccc(Br)cc3[C@H]3CC(c4ccc(C)cc4)=NN32)cc1. The van der Waals surface area contributed by atoms with Crippen LogP contribution in [0.25, 0.3) is 0 Å². The van der Waals surface area contributed by atoms with E-state index in [2.05, 4.69) is 83.3 Å². The monoisotopic (exact) mass is 490 g/mol. The van der Waals surface area contributed by atoms with E-state index < -0.39 is 0 Å². The van der Waals surface area contributed by atoms with Gasteiger partial charge in [0.05, 0.1) is 18.4 Å². The van der Waals surface area contributed by atoms with Crippen LogP contribution >= 0.6 is 15.9 Å². The van der Waals surface area contributed by atoms with E-state index in [0.717, 1.165) is 53.1 Å². The molecule has 0 spiro atoms. The van der Waals surface area contributed by atoms with Crippen LogP contribution in [0.15, 0.2) is 76.3 Å². The number of aryl methyl sites for hydroxylation is 1. The molecule has 2 aliphatic rings. The molecular weight excluding hydrogens is 464 g/mol. The van der Waals surface area contributed by atoms with Crippen molar-refractivity contribution in [3.8, 4) is 11.5 Å². The molecule has 0 radical (unpaired) electrons. The molecule has 0 N–H and O–H groups in total. The van der Waals surface area contributed by atoms with Crippen LogP contribution in [0.4, 0.5) is 0 Å². The number of unbranched alkanes of at least 4 members (excludes halogenated alkanes) is 1. The molecule has 0 aromatic heterocycles. The molecule has 0 aliphatic carbocycles. The smallest absolute Gasteiger partial charge is 0.213 e. The number of fused-ring (bicyclic) bond motifs is 3. The number of benzene rings is 3.